The van der Waals surface area contributed by atoms with Gasteiger partial charge in [0.2, 0.25) is 0 Å². The Morgan fingerprint density at radius 2 is 1.29 bits per heavy atom. The zero-order valence-electron chi connectivity index (χ0n) is 17.5. The molecule has 0 atom stereocenters. The number of carbonyl (C=O) groups is 1. The van der Waals surface area contributed by atoms with Crippen molar-refractivity contribution in [1.29, 1.82) is 0 Å². The van der Waals surface area contributed by atoms with Crippen LogP contribution >= 0.6 is 11.6 Å². The Labute approximate surface area is 186 Å². The predicted molar refractivity (Wildman–Crippen MR) is 117 cm³/mol. The van der Waals surface area contributed by atoms with Crippen LogP contribution in [0.2, 0.25) is 5.02 Å². The summed E-state index contributed by atoms with van der Waals surface area (Å²) in [6.07, 6.45) is 0. The summed E-state index contributed by atoms with van der Waals surface area (Å²) >= 11 is 6.42. The minimum atomic E-state index is -0.516. The highest BCUT2D eigenvalue weighted by molar-refractivity contribution is 6.32. The number of carbonyl (C=O) groups excluding carboxylic acids is 1. The quantitative estimate of drug-likeness (QED) is 0.419. The topological polar surface area (TPSA) is 63.2 Å². The van der Waals surface area contributed by atoms with Crippen LogP contribution in [0.1, 0.15) is 21.5 Å². The number of ether oxygens (including phenoxy) is 5. The first kappa shape index (κ1) is 22.3. The lowest BCUT2D eigenvalue weighted by molar-refractivity contribution is 0.0600. The largest absolute Gasteiger partial charge is 0.497 e. The number of benzene rings is 3. The molecule has 0 radical (unpaired) electrons. The molecule has 0 bridgehead atoms. The molecule has 162 valence electrons. The van der Waals surface area contributed by atoms with Gasteiger partial charge in [-0.15, -0.1) is 0 Å². The van der Waals surface area contributed by atoms with Crippen molar-refractivity contribution in [3.8, 4) is 23.0 Å². The normalized spacial score (nSPS) is 10.3. The van der Waals surface area contributed by atoms with Crippen molar-refractivity contribution >= 4 is 17.6 Å². The smallest absolute Gasteiger partial charge is 0.338 e. The van der Waals surface area contributed by atoms with Crippen LogP contribution in [0.4, 0.5) is 0 Å². The Bertz CT molecular complexity index is 1020. The fraction of sp³-hybridized carbons (Fsp3) is 0.208. The third-order valence-corrected chi connectivity index (χ3v) is 4.81. The molecular weight excluding hydrogens is 420 g/mol. The van der Waals surface area contributed by atoms with E-state index in [1.54, 1.807) is 20.3 Å². The van der Waals surface area contributed by atoms with Crippen LogP contribution in [0.3, 0.4) is 0 Å². The van der Waals surface area contributed by atoms with E-state index in [-0.39, 0.29) is 23.8 Å². The Hall–Kier alpha value is -3.38. The fourth-order valence-corrected chi connectivity index (χ4v) is 3.08. The fourth-order valence-electron chi connectivity index (χ4n) is 2.81. The monoisotopic (exact) mass is 442 g/mol. The summed E-state index contributed by atoms with van der Waals surface area (Å²) in [4.78, 5) is 12.0. The maximum atomic E-state index is 12.0. The molecule has 0 aromatic heterocycles. The van der Waals surface area contributed by atoms with Crippen molar-refractivity contribution in [3.05, 3.63) is 82.4 Å². The number of hydrogen-bond donors (Lipinski definition) is 0. The molecular formula is C24H23ClO6. The van der Waals surface area contributed by atoms with Crippen LogP contribution in [-0.2, 0) is 18.0 Å². The van der Waals surface area contributed by atoms with Gasteiger partial charge in [0.25, 0.3) is 0 Å². The van der Waals surface area contributed by atoms with Gasteiger partial charge in [-0.2, -0.15) is 0 Å². The maximum absolute atomic E-state index is 12.0. The number of methoxy groups -OCH3 is 3. The summed E-state index contributed by atoms with van der Waals surface area (Å²) in [6, 6.07) is 18.0. The third kappa shape index (κ3) is 5.83. The second-order valence-corrected chi connectivity index (χ2v) is 6.96. The standard InChI is InChI=1S/C24H23ClO6/c1-27-19-8-4-16(5-9-19)14-30-22-13-18(24(26)29-3)12-21(25)23(22)31-15-17-6-10-20(28-2)11-7-17/h4-13H,14-15H2,1-3H3. The summed E-state index contributed by atoms with van der Waals surface area (Å²) in [6.45, 7) is 0.518. The maximum Gasteiger partial charge on any atom is 0.338 e. The van der Waals surface area contributed by atoms with Crippen LogP contribution in [0, 0.1) is 0 Å². The van der Waals surface area contributed by atoms with Crippen LogP contribution in [0.5, 0.6) is 23.0 Å². The molecule has 7 heteroatoms. The Morgan fingerprint density at radius 3 is 1.77 bits per heavy atom. The Balaban J connectivity index is 1.82. The van der Waals surface area contributed by atoms with Gasteiger partial charge in [-0.1, -0.05) is 35.9 Å². The second-order valence-electron chi connectivity index (χ2n) is 6.55. The van der Waals surface area contributed by atoms with Crippen molar-refractivity contribution in [2.24, 2.45) is 0 Å². The van der Waals surface area contributed by atoms with Gasteiger partial charge < -0.3 is 23.7 Å². The summed E-state index contributed by atoms with van der Waals surface area (Å²) in [5.41, 5.74) is 2.12. The molecule has 0 amide bonds. The molecule has 0 unspecified atom stereocenters. The molecule has 3 aromatic carbocycles. The van der Waals surface area contributed by atoms with E-state index in [1.807, 2.05) is 48.5 Å². The molecule has 0 saturated heterocycles. The highest BCUT2D eigenvalue weighted by atomic mass is 35.5. The lowest BCUT2D eigenvalue weighted by Gasteiger charge is -2.16. The van der Waals surface area contributed by atoms with Gasteiger partial charge in [-0.05, 0) is 47.5 Å². The highest BCUT2D eigenvalue weighted by Crippen LogP contribution is 2.38. The molecule has 31 heavy (non-hydrogen) atoms. The van der Waals surface area contributed by atoms with Gasteiger partial charge >= 0.3 is 5.97 Å². The lowest BCUT2D eigenvalue weighted by atomic mass is 10.2. The molecule has 6 nitrogen and oxygen atoms in total. The molecule has 3 aromatic rings. The zero-order valence-corrected chi connectivity index (χ0v) is 18.3. The molecule has 0 spiro atoms. The zero-order chi connectivity index (χ0) is 22.2. The highest BCUT2D eigenvalue weighted by Gasteiger charge is 2.17. The van der Waals surface area contributed by atoms with Crippen LogP contribution in [0.25, 0.3) is 0 Å². The molecule has 0 aliphatic rings. The van der Waals surface area contributed by atoms with Gasteiger partial charge in [0.05, 0.1) is 31.9 Å². The number of halogens is 1. The van der Waals surface area contributed by atoms with E-state index in [0.717, 1.165) is 22.6 Å². The van der Waals surface area contributed by atoms with Crippen LogP contribution in [0.15, 0.2) is 60.7 Å². The lowest BCUT2D eigenvalue weighted by Crippen LogP contribution is -2.05. The molecule has 0 aliphatic heterocycles. The number of rotatable bonds is 9. The average Bonchev–Trinajstić information content (AvgIpc) is 2.81. The van der Waals surface area contributed by atoms with Gasteiger partial charge in [-0.3, -0.25) is 0 Å². The van der Waals surface area contributed by atoms with Crippen molar-refractivity contribution in [2.45, 2.75) is 13.2 Å². The summed E-state index contributed by atoms with van der Waals surface area (Å²) < 4.78 is 27.1. The molecule has 0 fully saturated rings. The molecule has 3 rings (SSSR count). The van der Waals surface area contributed by atoms with E-state index in [2.05, 4.69) is 0 Å². The molecule has 0 N–H and O–H groups in total. The van der Waals surface area contributed by atoms with Crippen LogP contribution < -0.4 is 18.9 Å². The Kier molecular flexibility index (Phi) is 7.62. The van der Waals surface area contributed by atoms with E-state index in [4.69, 9.17) is 35.3 Å². The van der Waals surface area contributed by atoms with E-state index in [9.17, 15) is 4.79 Å². The first-order valence-corrected chi connectivity index (χ1v) is 9.85. The van der Waals surface area contributed by atoms with Gasteiger partial charge in [0, 0.05) is 0 Å². The Morgan fingerprint density at radius 1 is 0.774 bits per heavy atom. The van der Waals surface area contributed by atoms with Crippen molar-refractivity contribution < 1.29 is 28.5 Å². The number of esters is 1. The first-order chi connectivity index (χ1) is 15.0. The van der Waals surface area contributed by atoms with E-state index < -0.39 is 5.97 Å². The van der Waals surface area contributed by atoms with E-state index >= 15 is 0 Å². The van der Waals surface area contributed by atoms with Crippen molar-refractivity contribution in [3.63, 3.8) is 0 Å². The van der Waals surface area contributed by atoms with Gasteiger partial charge in [0.1, 0.15) is 24.7 Å². The number of hydrogen-bond acceptors (Lipinski definition) is 6. The SMILES string of the molecule is COC(=O)c1cc(Cl)c(OCc2ccc(OC)cc2)c(OCc2ccc(OC)cc2)c1. The third-order valence-electron chi connectivity index (χ3n) is 4.53. The molecule has 0 aliphatic carbocycles. The van der Waals surface area contributed by atoms with E-state index in [1.165, 1.54) is 13.2 Å². The predicted octanol–water partition coefficient (Wildman–Crippen LogP) is 5.30. The summed E-state index contributed by atoms with van der Waals surface area (Å²) in [5.74, 6) is 1.68. The summed E-state index contributed by atoms with van der Waals surface area (Å²) in [5, 5.41) is 0.251. The van der Waals surface area contributed by atoms with Crippen molar-refractivity contribution in [2.75, 3.05) is 21.3 Å². The van der Waals surface area contributed by atoms with Gasteiger partial charge in [-0.25, -0.2) is 4.79 Å². The van der Waals surface area contributed by atoms with Gasteiger partial charge in [0.15, 0.2) is 11.5 Å². The minimum Gasteiger partial charge on any atom is -0.497 e. The summed E-state index contributed by atoms with van der Waals surface area (Å²) in [7, 11) is 4.53. The van der Waals surface area contributed by atoms with Crippen molar-refractivity contribution in [1.82, 2.24) is 0 Å². The molecule has 0 heterocycles. The minimum absolute atomic E-state index is 0.251. The molecule has 0 saturated carbocycles. The average molecular weight is 443 g/mol. The first-order valence-electron chi connectivity index (χ1n) is 9.47. The van der Waals surface area contributed by atoms with Crippen LogP contribution in [-0.4, -0.2) is 27.3 Å². The van der Waals surface area contributed by atoms with E-state index in [0.29, 0.717) is 11.5 Å². The second kappa shape index (κ2) is 10.6.